The largest absolute Gasteiger partial charge is 0.385 e. The molecule has 1 aliphatic rings. The summed E-state index contributed by atoms with van der Waals surface area (Å²) in [7, 11) is 1.78. The number of hydrogen-bond donors (Lipinski definition) is 0. The van der Waals surface area contributed by atoms with E-state index in [1.54, 1.807) is 7.11 Å². The lowest BCUT2D eigenvalue weighted by Crippen LogP contribution is -2.46. The monoisotopic (exact) mass is 214 g/mol. The van der Waals surface area contributed by atoms with E-state index in [4.69, 9.17) is 4.74 Å². The zero-order valence-corrected chi connectivity index (χ0v) is 10.4. The second-order valence-electron chi connectivity index (χ2n) is 4.33. The van der Waals surface area contributed by atoms with Crippen LogP contribution in [-0.4, -0.2) is 62.8 Å². The van der Waals surface area contributed by atoms with E-state index in [0.717, 1.165) is 6.61 Å². The molecule has 15 heavy (non-hydrogen) atoms. The number of piperazine rings is 1. The quantitative estimate of drug-likeness (QED) is 0.596. The minimum absolute atomic E-state index is 0.920. The lowest BCUT2D eigenvalue weighted by molar-refractivity contribution is 0.133. The van der Waals surface area contributed by atoms with E-state index in [2.05, 4.69) is 16.7 Å². The van der Waals surface area contributed by atoms with Gasteiger partial charge in [-0.1, -0.05) is 6.92 Å². The molecule has 0 radical (unpaired) electrons. The Labute approximate surface area is 94.4 Å². The SMILES string of the molecule is CCN1CCN(CCCCCOC)CC1. The predicted molar refractivity (Wildman–Crippen MR) is 64.3 cm³/mol. The topological polar surface area (TPSA) is 15.7 Å². The minimum Gasteiger partial charge on any atom is -0.385 e. The summed E-state index contributed by atoms with van der Waals surface area (Å²) in [4.78, 5) is 5.13. The molecule has 1 fully saturated rings. The standard InChI is InChI=1S/C12H26N2O/c1-3-13-8-10-14(11-9-13)7-5-4-6-12-15-2/h3-12H2,1-2H3. The Bertz CT molecular complexity index is 145. The van der Waals surface area contributed by atoms with Gasteiger partial charge in [-0.05, 0) is 32.4 Å². The highest BCUT2D eigenvalue weighted by Gasteiger charge is 2.14. The van der Waals surface area contributed by atoms with E-state index in [9.17, 15) is 0 Å². The van der Waals surface area contributed by atoms with Gasteiger partial charge in [-0.15, -0.1) is 0 Å². The molecule has 0 bridgehead atoms. The van der Waals surface area contributed by atoms with Gasteiger partial charge < -0.3 is 14.5 Å². The highest BCUT2D eigenvalue weighted by Crippen LogP contribution is 2.04. The van der Waals surface area contributed by atoms with Gasteiger partial charge in [0.05, 0.1) is 0 Å². The summed E-state index contributed by atoms with van der Waals surface area (Å²) in [5, 5.41) is 0. The molecule has 0 atom stereocenters. The molecule has 3 nitrogen and oxygen atoms in total. The molecule has 1 saturated heterocycles. The Morgan fingerprint density at radius 2 is 1.60 bits per heavy atom. The number of ether oxygens (including phenoxy) is 1. The summed E-state index contributed by atoms with van der Waals surface area (Å²) >= 11 is 0. The van der Waals surface area contributed by atoms with Gasteiger partial charge in [-0.3, -0.25) is 0 Å². The average Bonchev–Trinajstić information content (AvgIpc) is 2.30. The van der Waals surface area contributed by atoms with Crippen molar-refractivity contribution in [2.24, 2.45) is 0 Å². The Kier molecular flexibility index (Phi) is 6.98. The van der Waals surface area contributed by atoms with Crippen molar-refractivity contribution >= 4 is 0 Å². The van der Waals surface area contributed by atoms with Crippen molar-refractivity contribution < 1.29 is 4.74 Å². The first-order valence-corrected chi connectivity index (χ1v) is 6.30. The molecule has 0 saturated carbocycles. The Balaban J connectivity index is 1.94. The van der Waals surface area contributed by atoms with Crippen molar-refractivity contribution in [1.29, 1.82) is 0 Å². The zero-order valence-electron chi connectivity index (χ0n) is 10.4. The maximum atomic E-state index is 5.04. The molecule has 0 N–H and O–H groups in total. The predicted octanol–water partition coefficient (Wildman–Crippen LogP) is 1.44. The molecule has 1 heterocycles. The Hall–Kier alpha value is -0.120. The molecule has 90 valence electrons. The number of methoxy groups -OCH3 is 1. The molecule has 0 aromatic rings. The highest BCUT2D eigenvalue weighted by atomic mass is 16.5. The van der Waals surface area contributed by atoms with Gasteiger partial charge in [0.25, 0.3) is 0 Å². The van der Waals surface area contributed by atoms with Crippen molar-refractivity contribution in [3.8, 4) is 0 Å². The lowest BCUT2D eigenvalue weighted by Gasteiger charge is -2.33. The maximum absolute atomic E-state index is 5.04. The van der Waals surface area contributed by atoms with Crippen molar-refractivity contribution in [2.45, 2.75) is 26.2 Å². The molecule has 3 heteroatoms. The second kappa shape index (κ2) is 8.08. The van der Waals surface area contributed by atoms with Crippen LogP contribution in [0.25, 0.3) is 0 Å². The number of unbranched alkanes of at least 4 members (excludes halogenated alkanes) is 2. The van der Waals surface area contributed by atoms with Crippen LogP contribution >= 0.6 is 0 Å². The Morgan fingerprint density at radius 1 is 0.933 bits per heavy atom. The number of hydrogen-bond acceptors (Lipinski definition) is 3. The number of likely N-dealkylation sites (N-methyl/N-ethyl adjacent to an activating group) is 1. The van der Waals surface area contributed by atoms with Gasteiger partial charge in [0, 0.05) is 39.9 Å². The fourth-order valence-electron chi connectivity index (χ4n) is 2.09. The smallest absolute Gasteiger partial charge is 0.0462 e. The molecule has 0 aromatic carbocycles. The van der Waals surface area contributed by atoms with Gasteiger partial charge >= 0.3 is 0 Å². The maximum Gasteiger partial charge on any atom is 0.0462 e. The third kappa shape index (κ3) is 5.50. The summed E-state index contributed by atoms with van der Waals surface area (Å²) in [6.07, 6.45) is 3.85. The zero-order chi connectivity index (χ0) is 10.9. The summed E-state index contributed by atoms with van der Waals surface area (Å²) in [6.45, 7) is 10.7. The first kappa shape index (κ1) is 12.9. The fourth-order valence-corrected chi connectivity index (χ4v) is 2.09. The third-order valence-corrected chi connectivity index (χ3v) is 3.23. The van der Waals surface area contributed by atoms with Crippen molar-refractivity contribution in [3.05, 3.63) is 0 Å². The van der Waals surface area contributed by atoms with E-state index in [1.165, 1.54) is 58.5 Å². The number of nitrogens with zero attached hydrogens (tertiary/aromatic N) is 2. The second-order valence-corrected chi connectivity index (χ2v) is 4.33. The van der Waals surface area contributed by atoms with Crippen LogP contribution in [0.4, 0.5) is 0 Å². The minimum atomic E-state index is 0.920. The fraction of sp³-hybridized carbons (Fsp3) is 1.00. The summed E-state index contributed by atoms with van der Waals surface area (Å²) < 4.78 is 5.04. The first-order valence-electron chi connectivity index (χ1n) is 6.30. The summed E-state index contributed by atoms with van der Waals surface area (Å²) in [6, 6.07) is 0. The molecule has 0 aromatic heterocycles. The lowest BCUT2D eigenvalue weighted by atomic mass is 10.2. The molecule has 0 amide bonds. The summed E-state index contributed by atoms with van der Waals surface area (Å²) in [5.74, 6) is 0. The van der Waals surface area contributed by atoms with Gasteiger partial charge in [-0.2, -0.15) is 0 Å². The van der Waals surface area contributed by atoms with Crippen molar-refractivity contribution in [3.63, 3.8) is 0 Å². The van der Waals surface area contributed by atoms with E-state index in [-0.39, 0.29) is 0 Å². The van der Waals surface area contributed by atoms with Crippen molar-refractivity contribution in [1.82, 2.24) is 9.80 Å². The van der Waals surface area contributed by atoms with Gasteiger partial charge in [-0.25, -0.2) is 0 Å². The van der Waals surface area contributed by atoms with Crippen LogP contribution in [0.5, 0.6) is 0 Å². The van der Waals surface area contributed by atoms with Crippen LogP contribution < -0.4 is 0 Å². The van der Waals surface area contributed by atoms with Crippen LogP contribution in [0.2, 0.25) is 0 Å². The summed E-state index contributed by atoms with van der Waals surface area (Å²) in [5.41, 5.74) is 0. The van der Waals surface area contributed by atoms with Crippen LogP contribution in [0, 0.1) is 0 Å². The van der Waals surface area contributed by atoms with Crippen LogP contribution in [0.15, 0.2) is 0 Å². The molecular formula is C12H26N2O. The molecule has 0 aliphatic carbocycles. The molecule has 0 unspecified atom stereocenters. The molecule has 1 rings (SSSR count). The molecular weight excluding hydrogens is 188 g/mol. The van der Waals surface area contributed by atoms with Gasteiger partial charge in [0.2, 0.25) is 0 Å². The van der Waals surface area contributed by atoms with E-state index < -0.39 is 0 Å². The van der Waals surface area contributed by atoms with Gasteiger partial charge in [0.1, 0.15) is 0 Å². The first-order chi connectivity index (χ1) is 7.36. The van der Waals surface area contributed by atoms with E-state index in [0.29, 0.717) is 0 Å². The van der Waals surface area contributed by atoms with Crippen LogP contribution in [-0.2, 0) is 4.74 Å². The van der Waals surface area contributed by atoms with Crippen LogP contribution in [0.1, 0.15) is 26.2 Å². The van der Waals surface area contributed by atoms with Crippen LogP contribution in [0.3, 0.4) is 0 Å². The Morgan fingerprint density at radius 3 is 2.20 bits per heavy atom. The molecule has 0 spiro atoms. The van der Waals surface area contributed by atoms with E-state index >= 15 is 0 Å². The normalized spacial score (nSPS) is 19.6. The average molecular weight is 214 g/mol. The van der Waals surface area contributed by atoms with Gasteiger partial charge in [0.15, 0.2) is 0 Å². The number of rotatable bonds is 7. The third-order valence-electron chi connectivity index (χ3n) is 3.23. The van der Waals surface area contributed by atoms with Crippen molar-refractivity contribution in [2.75, 3.05) is 53.0 Å². The molecule has 1 aliphatic heterocycles. The highest BCUT2D eigenvalue weighted by molar-refractivity contribution is 4.70. The van der Waals surface area contributed by atoms with E-state index in [1.807, 2.05) is 0 Å².